The minimum atomic E-state index is -0.211. The first kappa shape index (κ1) is 14.1. The van der Waals surface area contributed by atoms with Crippen molar-refractivity contribution in [3.8, 4) is 11.8 Å². The summed E-state index contributed by atoms with van der Waals surface area (Å²) in [4.78, 5) is 0. The Hall–Kier alpha value is -1.01. The molecule has 0 N–H and O–H groups in total. The maximum absolute atomic E-state index is 8.87. The molecule has 0 heterocycles. The van der Waals surface area contributed by atoms with E-state index < -0.39 is 0 Å². The van der Waals surface area contributed by atoms with Gasteiger partial charge in [0.15, 0.2) is 0 Å². The zero-order chi connectivity index (χ0) is 12.7. The van der Waals surface area contributed by atoms with Gasteiger partial charge in [0, 0.05) is 4.47 Å². The van der Waals surface area contributed by atoms with Crippen LogP contribution in [0.5, 0.6) is 5.75 Å². The molecule has 0 saturated carbocycles. The Balaban J connectivity index is 2.17. The predicted molar refractivity (Wildman–Crippen MR) is 72.9 cm³/mol. The van der Waals surface area contributed by atoms with E-state index in [2.05, 4.69) is 22.0 Å². The molecule has 0 radical (unpaired) electrons. The van der Waals surface area contributed by atoms with Crippen molar-refractivity contribution in [2.24, 2.45) is 5.41 Å². The van der Waals surface area contributed by atoms with Gasteiger partial charge < -0.3 is 4.74 Å². The number of nitriles is 1. The van der Waals surface area contributed by atoms with Crippen molar-refractivity contribution in [2.45, 2.75) is 33.1 Å². The van der Waals surface area contributed by atoms with Crippen molar-refractivity contribution in [3.63, 3.8) is 0 Å². The molecule has 0 saturated heterocycles. The largest absolute Gasteiger partial charge is 0.494 e. The van der Waals surface area contributed by atoms with E-state index in [0.29, 0.717) is 6.61 Å². The number of halogens is 1. The highest BCUT2D eigenvalue weighted by Gasteiger charge is 2.15. The smallest absolute Gasteiger partial charge is 0.119 e. The molecule has 0 aromatic heterocycles. The van der Waals surface area contributed by atoms with Crippen LogP contribution in [0.25, 0.3) is 0 Å². The molecule has 2 nitrogen and oxygen atoms in total. The van der Waals surface area contributed by atoms with E-state index in [1.54, 1.807) is 0 Å². The monoisotopic (exact) mass is 295 g/mol. The Morgan fingerprint density at radius 1 is 1.24 bits per heavy atom. The second kappa shape index (κ2) is 6.66. The van der Waals surface area contributed by atoms with Crippen LogP contribution in [0.2, 0.25) is 0 Å². The zero-order valence-electron chi connectivity index (χ0n) is 10.4. The fourth-order valence-electron chi connectivity index (χ4n) is 1.45. The third kappa shape index (κ3) is 5.74. The van der Waals surface area contributed by atoms with Crippen LogP contribution in [0.1, 0.15) is 33.1 Å². The second-order valence-corrected chi connectivity index (χ2v) is 5.67. The lowest BCUT2D eigenvalue weighted by Gasteiger charge is -2.14. The van der Waals surface area contributed by atoms with Crippen LogP contribution < -0.4 is 4.74 Å². The molecule has 92 valence electrons. The number of unbranched alkanes of at least 4 members (excludes halogenated alkanes) is 1. The van der Waals surface area contributed by atoms with E-state index in [-0.39, 0.29) is 5.41 Å². The van der Waals surface area contributed by atoms with Crippen molar-refractivity contribution < 1.29 is 4.74 Å². The summed E-state index contributed by atoms with van der Waals surface area (Å²) in [6, 6.07) is 10.1. The number of hydrogen-bond acceptors (Lipinski definition) is 2. The van der Waals surface area contributed by atoms with Crippen molar-refractivity contribution in [1.82, 2.24) is 0 Å². The fraction of sp³-hybridized carbons (Fsp3) is 0.500. The van der Waals surface area contributed by atoms with Gasteiger partial charge in [-0.3, -0.25) is 0 Å². The van der Waals surface area contributed by atoms with Crippen molar-refractivity contribution in [2.75, 3.05) is 6.61 Å². The molecule has 0 aliphatic rings. The number of benzene rings is 1. The Morgan fingerprint density at radius 2 is 1.88 bits per heavy atom. The van der Waals surface area contributed by atoms with Gasteiger partial charge in [0.2, 0.25) is 0 Å². The Morgan fingerprint density at radius 3 is 2.47 bits per heavy atom. The van der Waals surface area contributed by atoms with E-state index in [1.807, 2.05) is 38.1 Å². The number of rotatable bonds is 6. The second-order valence-electron chi connectivity index (χ2n) is 4.76. The van der Waals surface area contributed by atoms with Crippen LogP contribution in [0, 0.1) is 16.7 Å². The molecule has 1 rings (SSSR count). The van der Waals surface area contributed by atoms with Crippen molar-refractivity contribution in [1.29, 1.82) is 5.26 Å². The van der Waals surface area contributed by atoms with Crippen LogP contribution in [0.15, 0.2) is 28.7 Å². The summed E-state index contributed by atoms with van der Waals surface area (Å²) in [6.07, 6.45) is 2.94. The van der Waals surface area contributed by atoms with Gasteiger partial charge in [-0.1, -0.05) is 15.9 Å². The predicted octanol–water partition coefficient (Wildman–Crippen LogP) is 4.55. The first-order chi connectivity index (χ1) is 8.03. The lowest BCUT2D eigenvalue weighted by atomic mass is 9.89. The minimum Gasteiger partial charge on any atom is -0.494 e. The average Bonchev–Trinajstić information content (AvgIpc) is 2.31. The van der Waals surface area contributed by atoms with Gasteiger partial charge in [0.1, 0.15) is 5.75 Å². The average molecular weight is 296 g/mol. The molecule has 0 atom stereocenters. The molecule has 0 unspecified atom stereocenters. The van der Waals surface area contributed by atoms with Crippen molar-refractivity contribution in [3.05, 3.63) is 28.7 Å². The van der Waals surface area contributed by atoms with Crippen LogP contribution >= 0.6 is 15.9 Å². The minimum absolute atomic E-state index is 0.211. The highest BCUT2D eigenvalue weighted by molar-refractivity contribution is 9.10. The van der Waals surface area contributed by atoms with Crippen LogP contribution in [-0.2, 0) is 0 Å². The highest BCUT2D eigenvalue weighted by atomic mass is 79.9. The van der Waals surface area contributed by atoms with Crippen LogP contribution in [-0.4, -0.2) is 6.61 Å². The van der Waals surface area contributed by atoms with Gasteiger partial charge in [0.05, 0.1) is 18.1 Å². The van der Waals surface area contributed by atoms with Gasteiger partial charge >= 0.3 is 0 Å². The molecule has 0 fully saturated rings. The van der Waals surface area contributed by atoms with Crippen LogP contribution in [0.3, 0.4) is 0 Å². The van der Waals surface area contributed by atoms with Gasteiger partial charge in [-0.05, 0) is 57.4 Å². The van der Waals surface area contributed by atoms with E-state index in [0.717, 1.165) is 29.5 Å². The molecule has 1 aromatic carbocycles. The standard InChI is InChI=1S/C14H18BrNO/c1-14(2,11-16)9-3-4-10-17-13-7-5-12(15)6-8-13/h5-8H,3-4,9-10H2,1-2H3. The van der Waals surface area contributed by atoms with E-state index in [4.69, 9.17) is 10.00 Å². The summed E-state index contributed by atoms with van der Waals surface area (Å²) in [5.41, 5.74) is -0.211. The molecule has 0 aliphatic heterocycles. The highest BCUT2D eigenvalue weighted by Crippen LogP contribution is 2.22. The Labute approximate surface area is 112 Å². The molecule has 0 aliphatic carbocycles. The topological polar surface area (TPSA) is 33.0 Å². The lowest BCUT2D eigenvalue weighted by molar-refractivity contribution is 0.295. The van der Waals surface area contributed by atoms with E-state index in [9.17, 15) is 0 Å². The molecular weight excluding hydrogens is 278 g/mol. The first-order valence-corrected chi connectivity index (χ1v) is 6.62. The van der Waals surface area contributed by atoms with Gasteiger partial charge in [-0.15, -0.1) is 0 Å². The molecule has 0 bridgehead atoms. The quantitative estimate of drug-likeness (QED) is 0.722. The number of nitrogens with zero attached hydrogens (tertiary/aromatic N) is 1. The number of ether oxygens (including phenoxy) is 1. The van der Waals surface area contributed by atoms with E-state index >= 15 is 0 Å². The third-order valence-electron chi connectivity index (χ3n) is 2.58. The molecular formula is C14H18BrNO. The van der Waals surface area contributed by atoms with Crippen LogP contribution in [0.4, 0.5) is 0 Å². The fourth-order valence-corrected chi connectivity index (χ4v) is 1.71. The van der Waals surface area contributed by atoms with Gasteiger partial charge in [0.25, 0.3) is 0 Å². The van der Waals surface area contributed by atoms with Crippen molar-refractivity contribution >= 4 is 15.9 Å². The maximum Gasteiger partial charge on any atom is 0.119 e. The van der Waals surface area contributed by atoms with Gasteiger partial charge in [-0.2, -0.15) is 5.26 Å². The summed E-state index contributed by atoms with van der Waals surface area (Å²) >= 11 is 3.38. The summed E-state index contributed by atoms with van der Waals surface area (Å²) in [5.74, 6) is 0.896. The Kier molecular flexibility index (Phi) is 5.50. The normalized spacial score (nSPS) is 10.9. The van der Waals surface area contributed by atoms with Gasteiger partial charge in [-0.25, -0.2) is 0 Å². The molecule has 0 spiro atoms. The maximum atomic E-state index is 8.87. The summed E-state index contributed by atoms with van der Waals surface area (Å²) in [7, 11) is 0. The third-order valence-corrected chi connectivity index (χ3v) is 3.11. The SMILES string of the molecule is CC(C)(C#N)CCCCOc1ccc(Br)cc1. The molecule has 3 heteroatoms. The first-order valence-electron chi connectivity index (χ1n) is 5.83. The molecule has 17 heavy (non-hydrogen) atoms. The summed E-state index contributed by atoms with van der Waals surface area (Å²) in [5, 5.41) is 8.87. The van der Waals surface area contributed by atoms with E-state index in [1.165, 1.54) is 0 Å². The lowest BCUT2D eigenvalue weighted by Crippen LogP contribution is -2.08. The summed E-state index contributed by atoms with van der Waals surface area (Å²) in [6.45, 7) is 4.66. The Bertz CT molecular complexity index is 378. The molecule has 1 aromatic rings. The zero-order valence-corrected chi connectivity index (χ0v) is 12.0. The summed E-state index contributed by atoms with van der Waals surface area (Å²) < 4.78 is 6.66. The molecule has 0 amide bonds. The number of hydrogen-bond donors (Lipinski definition) is 0.